The van der Waals surface area contributed by atoms with Crippen molar-refractivity contribution in [1.82, 2.24) is 15.0 Å². The summed E-state index contributed by atoms with van der Waals surface area (Å²) in [5.41, 5.74) is 0.205. The van der Waals surface area contributed by atoms with Gasteiger partial charge in [0.25, 0.3) is 5.91 Å². The van der Waals surface area contributed by atoms with Gasteiger partial charge in [-0.3, -0.25) is 19.3 Å². The highest BCUT2D eigenvalue weighted by atomic mass is 32.2. The lowest BCUT2D eigenvalue weighted by molar-refractivity contribution is -0.122. The minimum Gasteiger partial charge on any atom is -0.350 e. The van der Waals surface area contributed by atoms with Gasteiger partial charge in [0, 0.05) is 18.7 Å². The molecule has 0 aliphatic carbocycles. The molecule has 1 heterocycles. The van der Waals surface area contributed by atoms with Gasteiger partial charge in [-0.05, 0) is 12.1 Å². The SMILES string of the molecule is CC(C)C(=O)NS(=O)(=O)CCNC(=O)c1ccccn1. The molecular weight excluding hydrogens is 282 g/mol. The summed E-state index contributed by atoms with van der Waals surface area (Å²) in [6.07, 6.45) is 1.47. The van der Waals surface area contributed by atoms with Crippen LogP contribution in [0.25, 0.3) is 0 Å². The van der Waals surface area contributed by atoms with Crippen LogP contribution in [0.3, 0.4) is 0 Å². The molecule has 8 heteroatoms. The highest BCUT2D eigenvalue weighted by Crippen LogP contribution is 1.95. The second kappa shape index (κ2) is 6.99. The summed E-state index contributed by atoms with van der Waals surface area (Å²) in [7, 11) is -3.74. The lowest BCUT2D eigenvalue weighted by Gasteiger charge is -2.09. The first-order valence-electron chi connectivity index (χ1n) is 6.05. The second-order valence-electron chi connectivity index (χ2n) is 4.41. The van der Waals surface area contributed by atoms with Crippen molar-refractivity contribution in [1.29, 1.82) is 0 Å². The molecule has 1 aromatic rings. The van der Waals surface area contributed by atoms with Crippen molar-refractivity contribution in [3.63, 3.8) is 0 Å². The predicted octanol–water partition coefficient (Wildman–Crippen LogP) is -0.0866. The monoisotopic (exact) mass is 299 g/mol. The Labute approximate surface area is 117 Å². The Morgan fingerprint density at radius 2 is 2.00 bits per heavy atom. The molecule has 110 valence electrons. The molecule has 0 aliphatic heterocycles. The maximum atomic E-state index is 11.6. The van der Waals surface area contributed by atoms with Crippen LogP contribution in [0, 0.1) is 5.92 Å². The van der Waals surface area contributed by atoms with E-state index in [1.165, 1.54) is 12.3 Å². The zero-order chi connectivity index (χ0) is 15.2. The van der Waals surface area contributed by atoms with Gasteiger partial charge >= 0.3 is 0 Å². The van der Waals surface area contributed by atoms with Crippen molar-refractivity contribution >= 4 is 21.8 Å². The molecule has 20 heavy (non-hydrogen) atoms. The fourth-order valence-electron chi connectivity index (χ4n) is 1.21. The van der Waals surface area contributed by atoms with Crippen molar-refractivity contribution in [2.45, 2.75) is 13.8 Å². The Kier molecular flexibility index (Phi) is 5.63. The van der Waals surface area contributed by atoms with Crippen LogP contribution in [0.5, 0.6) is 0 Å². The zero-order valence-corrected chi connectivity index (χ0v) is 12.1. The Bertz CT molecular complexity index is 570. The molecule has 0 unspecified atom stereocenters. The van der Waals surface area contributed by atoms with Crippen LogP contribution in [-0.2, 0) is 14.8 Å². The van der Waals surface area contributed by atoms with Gasteiger partial charge < -0.3 is 5.32 Å². The zero-order valence-electron chi connectivity index (χ0n) is 11.3. The molecule has 0 saturated heterocycles. The third-order valence-electron chi connectivity index (χ3n) is 2.33. The topological polar surface area (TPSA) is 105 Å². The van der Waals surface area contributed by atoms with Crippen molar-refractivity contribution in [3.05, 3.63) is 30.1 Å². The quantitative estimate of drug-likeness (QED) is 0.764. The van der Waals surface area contributed by atoms with E-state index in [1.807, 2.05) is 4.72 Å². The number of nitrogens with zero attached hydrogens (tertiary/aromatic N) is 1. The number of carbonyl (C=O) groups is 2. The van der Waals surface area contributed by atoms with Gasteiger partial charge in [0.15, 0.2) is 0 Å². The number of hydrogen-bond acceptors (Lipinski definition) is 5. The molecular formula is C12H17N3O4S. The fraction of sp³-hybridized carbons (Fsp3) is 0.417. The maximum Gasteiger partial charge on any atom is 0.269 e. The van der Waals surface area contributed by atoms with Crippen molar-refractivity contribution in [3.8, 4) is 0 Å². The Hall–Kier alpha value is -1.96. The first-order chi connectivity index (χ1) is 9.32. The van der Waals surface area contributed by atoms with E-state index in [0.29, 0.717) is 0 Å². The second-order valence-corrected chi connectivity index (χ2v) is 6.25. The number of amides is 2. The minimum absolute atomic E-state index is 0.101. The molecule has 0 fully saturated rings. The summed E-state index contributed by atoms with van der Waals surface area (Å²) >= 11 is 0. The van der Waals surface area contributed by atoms with E-state index in [4.69, 9.17) is 0 Å². The van der Waals surface area contributed by atoms with Gasteiger partial charge in [0.2, 0.25) is 15.9 Å². The van der Waals surface area contributed by atoms with Crippen LogP contribution in [0.2, 0.25) is 0 Å². The number of rotatable bonds is 6. The summed E-state index contributed by atoms with van der Waals surface area (Å²) in [5, 5.41) is 2.43. The largest absolute Gasteiger partial charge is 0.350 e. The molecule has 0 aliphatic rings. The van der Waals surface area contributed by atoms with E-state index in [-0.39, 0.29) is 18.0 Å². The molecule has 2 amide bonds. The van der Waals surface area contributed by atoms with E-state index < -0.39 is 27.8 Å². The average Bonchev–Trinajstić information content (AvgIpc) is 2.38. The molecule has 7 nitrogen and oxygen atoms in total. The normalized spacial score (nSPS) is 11.2. The first-order valence-corrected chi connectivity index (χ1v) is 7.70. The maximum absolute atomic E-state index is 11.6. The van der Waals surface area contributed by atoms with E-state index in [2.05, 4.69) is 10.3 Å². The number of nitrogens with one attached hydrogen (secondary N) is 2. The van der Waals surface area contributed by atoms with Crippen molar-refractivity contribution in [2.75, 3.05) is 12.3 Å². The summed E-state index contributed by atoms with van der Waals surface area (Å²) < 4.78 is 25.1. The van der Waals surface area contributed by atoms with Gasteiger partial charge in [-0.1, -0.05) is 19.9 Å². The van der Waals surface area contributed by atoms with E-state index >= 15 is 0 Å². The third-order valence-corrected chi connectivity index (χ3v) is 3.59. The van der Waals surface area contributed by atoms with Gasteiger partial charge in [-0.25, -0.2) is 8.42 Å². The van der Waals surface area contributed by atoms with E-state index in [1.54, 1.807) is 26.0 Å². The number of aromatic nitrogens is 1. The minimum atomic E-state index is -3.74. The summed E-state index contributed by atoms with van der Waals surface area (Å²) in [4.78, 5) is 26.7. The van der Waals surface area contributed by atoms with Gasteiger partial charge in [-0.2, -0.15) is 0 Å². The van der Waals surface area contributed by atoms with Crippen LogP contribution in [0.15, 0.2) is 24.4 Å². The number of pyridine rings is 1. The van der Waals surface area contributed by atoms with Crippen LogP contribution >= 0.6 is 0 Å². The van der Waals surface area contributed by atoms with Gasteiger partial charge in [0.1, 0.15) is 5.69 Å². The number of hydrogen-bond donors (Lipinski definition) is 2. The highest BCUT2D eigenvalue weighted by molar-refractivity contribution is 7.90. The van der Waals surface area contributed by atoms with Crippen LogP contribution < -0.4 is 10.0 Å². The van der Waals surface area contributed by atoms with Crippen molar-refractivity contribution < 1.29 is 18.0 Å². The highest BCUT2D eigenvalue weighted by Gasteiger charge is 2.17. The van der Waals surface area contributed by atoms with Crippen LogP contribution in [0.1, 0.15) is 24.3 Å². The van der Waals surface area contributed by atoms with Gasteiger partial charge in [0.05, 0.1) is 5.75 Å². The van der Waals surface area contributed by atoms with Gasteiger partial charge in [-0.15, -0.1) is 0 Å². The smallest absolute Gasteiger partial charge is 0.269 e. The molecule has 0 saturated carbocycles. The Morgan fingerprint density at radius 1 is 1.30 bits per heavy atom. The van der Waals surface area contributed by atoms with E-state index in [9.17, 15) is 18.0 Å². The first kappa shape index (κ1) is 16.1. The van der Waals surface area contributed by atoms with E-state index in [0.717, 1.165) is 0 Å². The summed E-state index contributed by atoms with van der Waals surface area (Å²) in [6, 6.07) is 4.84. The molecule has 1 aromatic heterocycles. The average molecular weight is 299 g/mol. The van der Waals surface area contributed by atoms with Crippen LogP contribution in [-0.4, -0.2) is 37.5 Å². The molecule has 1 rings (SSSR count). The molecule has 0 radical (unpaired) electrons. The lowest BCUT2D eigenvalue weighted by atomic mass is 10.2. The number of sulfonamides is 1. The molecule has 0 atom stereocenters. The van der Waals surface area contributed by atoms with Crippen LogP contribution in [0.4, 0.5) is 0 Å². The molecule has 0 aromatic carbocycles. The summed E-state index contributed by atoms with van der Waals surface area (Å²) in [5.74, 6) is -1.82. The Balaban J connectivity index is 2.44. The molecule has 0 bridgehead atoms. The summed E-state index contributed by atoms with van der Waals surface area (Å²) in [6.45, 7) is 3.08. The molecule has 2 N–H and O–H groups in total. The third kappa shape index (κ3) is 5.35. The fourth-order valence-corrected chi connectivity index (χ4v) is 2.22. The molecule has 0 spiro atoms. The predicted molar refractivity (Wildman–Crippen MR) is 73.3 cm³/mol. The standard InChI is InChI=1S/C12H17N3O4S/c1-9(2)11(16)15-20(18,19)8-7-14-12(17)10-5-3-4-6-13-10/h3-6,9H,7-8H2,1-2H3,(H,14,17)(H,15,16). The van der Waals surface area contributed by atoms with Crippen molar-refractivity contribution in [2.24, 2.45) is 5.92 Å². The number of carbonyl (C=O) groups excluding carboxylic acids is 2. The lowest BCUT2D eigenvalue weighted by Crippen LogP contribution is -2.39. The Morgan fingerprint density at radius 3 is 2.55 bits per heavy atom.